The van der Waals surface area contributed by atoms with Crippen LogP contribution >= 0.6 is 48.8 Å². The van der Waals surface area contributed by atoms with Crippen LogP contribution in [0.5, 0.6) is 0 Å². The first-order valence-electron chi connectivity index (χ1n) is 3.76. The molecular weight excluding hydrogens is 226 g/mol. The molecular formula is C7H13NS4. The second-order valence-corrected chi connectivity index (χ2v) is 6.32. The zero-order valence-electron chi connectivity index (χ0n) is 6.99. The van der Waals surface area contributed by atoms with Crippen molar-refractivity contribution in [2.75, 3.05) is 31.6 Å². The first-order valence-corrected chi connectivity index (χ1v) is 6.63. The van der Waals surface area contributed by atoms with Crippen LogP contribution in [0.3, 0.4) is 0 Å². The monoisotopic (exact) mass is 239 g/mol. The van der Waals surface area contributed by atoms with E-state index in [2.05, 4.69) is 37.2 Å². The Labute approximate surface area is 93.5 Å². The Morgan fingerprint density at radius 1 is 1.08 bits per heavy atom. The van der Waals surface area contributed by atoms with E-state index >= 15 is 0 Å². The maximum absolute atomic E-state index is 4.38. The van der Waals surface area contributed by atoms with Crippen LogP contribution in [-0.4, -0.2) is 36.5 Å². The molecule has 0 aliphatic carbocycles. The predicted molar refractivity (Wildman–Crippen MR) is 67.4 cm³/mol. The molecule has 1 aliphatic rings. The molecule has 0 spiro atoms. The van der Waals surface area contributed by atoms with E-state index in [4.69, 9.17) is 0 Å². The zero-order valence-corrected chi connectivity index (χ0v) is 10.4. The Hall–Kier alpha value is 1.10. The smallest absolute Gasteiger partial charge is 0.0569 e. The van der Waals surface area contributed by atoms with Crippen LogP contribution in [-0.2, 0) is 0 Å². The lowest BCUT2D eigenvalue weighted by atomic mass is 10.6. The van der Waals surface area contributed by atoms with Crippen molar-refractivity contribution in [2.45, 2.75) is 0 Å². The molecule has 0 aromatic carbocycles. The van der Waals surface area contributed by atoms with Crippen LogP contribution in [0, 0.1) is 0 Å². The Balaban J connectivity index is 2.50. The van der Waals surface area contributed by atoms with Crippen LogP contribution in [0.15, 0.2) is 8.47 Å². The molecule has 0 amide bonds. The van der Waals surface area contributed by atoms with Crippen molar-refractivity contribution in [3.63, 3.8) is 0 Å². The van der Waals surface area contributed by atoms with Crippen LogP contribution in [0.25, 0.3) is 0 Å². The summed E-state index contributed by atoms with van der Waals surface area (Å²) in [6, 6.07) is 0. The minimum atomic E-state index is 1.07. The molecule has 0 N–H and O–H groups in total. The van der Waals surface area contributed by atoms with Gasteiger partial charge in [-0.3, -0.25) is 0 Å². The van der Waals surface area contributed by atoms with Crippen LogP contribution in [0.2, 0.25) is 0 Å². The molecule has 1 nitrogen and oxygen atoms in total. The van der Waals surface area contributed by atoms with Crippen molar-refractivity contribution in [1.29, 1.82) is 0 Å². The molecule has 0 saturated carbocycles. The first-order chi connectivity index (χ1) is 5.70. The van der Waals surface area contributed by atoms with Crippen molar-refractivity contribution in [3.05, 3.63) is 8.47 Å². The highest BCUT2D eigenvalue weighted by atomic mass is 32.2. The summed E-state index contributed by atoms with van der Waals surface area (Å²) in [7, 11) is 2.16. The standard InChI is InChI=1S/C7H13NS4/c1-8-2-4-11-6(9)7(10)12-5-3-8/h9-10H,2-5H2,1H3. The van der Waals surface area contributed by atoms with Gasteiger partial charge in [0.25, 0.3) is 0 Å². The van der Waals surface area contributed by atoms with Gasteiger partial charge in [-0.15, -0.1) is 48.8 Å². The highest BCUT2D eigenvalue weighted by Gasteiger charge is 2.06. The van der Waals surface area contributed by atoms with Gasteiger partial charge in [0.2, 0.25) is 0 Å². The Morgan fingerprint density at radius 3 is 1.92 bits per heavy atom. The second-order valence-electron chi connectivity index (χ2n) is 2.61. The fourth-order valence-electron chi connectivity index (χ4n) is 0.832. The topological polar surface area (TPSA) is 3.24 Å². The summed E-state index contributed by atoms with van der Waals surface area (Å²) in [5, 5.41) is 0. The summed E-state index contributed by atoms with van der Waals surface area (Å²) in [5.41, 5.74) is 0. The molecule has 1 heterocycles. The average molecular weight is 239 g/mol. The molecule has 0 atom stereocenters. The van der Waals surface area contributed by atoms with Crippen molar-refractivity contribution < 1.29 is 0 Å². The molecule has 1 rings (SSSR count). The highest BCUT2D eigenvalue weighted by Crippen LogP contribution is 2.33. The van der Waals surface area contributed by atoms with Crippen LogP contribution in [0.1, 0.15) is 0 Å². The highest BCUT2D eigenvalue weighted by molar-refractivity contribution is 8.21. The fourth-order valence-corrected chi connectivity index (χ4v) is 3.56. The van der Waals surface area contributed by atoms with Gasteiger partial charge in [0.05, 0.1) is 8.47 Å². The van der Waals surface area contributed by atoms with Crippen LogP contribution < -0.4 is 0 Å². The summed E-state index contributed by atoms with van der Waals surface area (Å²) < 4.78 is 2.14. The number of rotatable bonds is 0. The van der Waals surface area contributed by atoms with Gasteiger partial charge in [-0.25, -0.2) is 0 Å². The largest absolute Gasteiger partial charge is 0.305 e. The van der Waals surface area contributed by atoms with Gasteiger partial charge >= 0.3 is 0 Å². The van der Waals surface area contributed by atoms with E-state index in [-0.39, 0.29) is 0 Å². The Bertz CT molecular complexity index is 162. The third kappa shape index (κ3) is 3.87. The number of nitrogens with zero attached hydrogens (tertiary/aromatic N) is 1. The second kappa shape index (κ2) is 5.75. The molecule has 0 saturated heterocycles. The molecule has 1 aliphatic heterocycles. The number of thioether (sulfide) groups is 2. The molecule has 0 bridgehead atoms. The molecule has 0 unspecified atom stereocenters. The first kappa shape index (κ1) is 11.2. The van der Waals surface area contributed by atoms with Crippen LogP contribution in [0.4, 0.5) is 0 Å². The molecule has 12 heavy (non-hydrogen) atoms. The third-order valence-electron chi connectivity index (χ3n) is 1.61. The molecule has 0 aromatic rings. The van der Waals surface area contributed by atoms with E-state index in [9.17, 15) is 0 Å². The Morgan fingerprint density at radius 2 is 1.50 bits per heavy atom. The van der Waals surface area contributed by atoms with Gasteiger partial charge in [0, 0.05) is 24.6 Å². The minimum Gasteiger partial charge on any atom is -0.305 e. The summed E-state index contributed by atoms with van der Waals surface area (Å²) >= 11 is 12.3. The van der Waals surface area contributed by atoms with Crippen molar-refractivity contribution in [1.82, 2.24) is 4.90 Å². The molecule has 0 radical (unpaired) electrons. The number of thiol groups is 2. The van der Waals surface area contributed by atoms with Gasteiger partial charge < -0.3 is 4.90 Å². The minimum absolute atomic E-state index is 1.07. The quantitative estimate of drug-likeness (QED) is 0.625. The number of hydrogen-bond donors (Lipinski definition) is 2. The van der Waals surface area contributed by atoms with Gasteiger partial charge in [-0.2, -0.15) is 0 Å². The van der Waals surface area contributed by atoms with Gasteiger partial charge in [0.1, 0.15) is 0 Å². The van der Waals surface area contributed by atoms with E-state index in [0.29, 0.717) is 0 Å². The lowest BCUT2D eigenvalue weighted by Crippen LogP contribution is -2.23. The van der Waals surface area contributed by atoms with Crippen molar-refractivity contribution in [3.8, 4) is 0 Å². The summed E-state index contributed by atoms with van der Waals surface area (Å²) in [4.78, 5) is 2.34. The predicted octanol–water partition coefficient (Wildman–Crippen LogP) is 2.38. The zero-order chi connectivity index (χ0) is 8.97. The molecule has 70 valence electrons. The Kier molecular flexibility index (Phi) is 5.36. The lowest BCUT2D eigenvalue weighted by molar-refractivity contribution is 0.380. The summed E-state index contributed by atoms with van der Waals surface area (Å²) in [6.45, 7) is 2.27. The van der Waals surface area contributed by atoms with Crippen molar-refractivity contribution >= 4 is 48.8 Å². The van der Waals surface area contributed by atoms with Gasteiger partial charge in [-0.05, 0) is 7.05 Å². The maximum atomic E-state index is 4.38. The van der Waals surface area contributed by atoms with E-state index in [1.807, 2.05) is 0 Å². The van der Waals surface area contributed by atoms with Gasteiger partial charge in [0.15, 0.2) is 0 Å². The van der Waals surface area contributed by atoms with E-state index in [0.717, 1.165) is 33.1 Å². The van der Waals surface area contributed by atoms with Crippen molar-refractivity contribution in [2.24, 2.45) is 0 Å². The number of hydrogen-bond acceptors (Lipinski definition) is 5. The summed E-state index contributed by atoms with van der Waals surface area (Å²) in [5.74, 6) is 2.22. The van der Waals surface area contributed by atoms with E-state index < -0.39 is 0 Å². The molecule has 0 aromatic heterocycles. The van der Waals surface area contributed by atoms with E-state index in [1.165, 1.54) is 0 Å². The van der Waals surface area contributed by atoms with Gasteiger partial charge in [-0.1, -0.05) is 0 Å². The maximum Gasteiger partial charge on any atom is 0.0569 e. The fraction of sp³-hybridized carbons (Fsp3) is 0.714. The molecule has 0 fully saturated rings. The normalized spacial score (nSPS) is 23.2. The van der Waals surface area contributed by atoms with E-state index in [1.54, 1.807) is 23.5 Å². The average Bonchev–Trinajstić information content (AvgIpc) is 2.08. The third-order valence-corrected chi connectivity index (χ3v) is 5.17. The lowest BCUT2D eigenvalue weighted by Gasteiger charge is -2.13. The summed E-state index contributed by atoms with van der Waals surface area (Å²) in [6.07, 6.45) is 0. The molecule has 5 heteroatoms. The SMILES string of the molecule is CN1CCSC(S)=C(S)SCC1.